The van der Waals surface area contributed by atoms with E-state index >= 15 is 0 Å². The van der Waals surface area contributed by atoms with Gasteiger partial charge in [-0.2, -0.15) is 0 Å². The van der Waals surface area contributed by atoms with Crippen LogP contribution in [0.4, 0.5) is 4.39 Å². The summed E-state index contributed by atoms with van der Waals surface area (Å²) in [6.07, 6.45) is 1.61. The van der Waals surface area contributed by atoms with Gasteiger partial charge in [-0.1, -0.05) is 12.1 Å². The van der Waals surface area contributed by atoms with Crippen LogP contribution in [-0.4, -0.2) is 13.3 Å². The molecule has 0 saturated heterocycles. The van der Waals surface area contributed by atoms with Crippen LogP contribution in [0.2, 0.25) is 0 Å². The van der Waals surface area contributed by atoms with E-state index in [-0.39, 0.29) is 5.82 Å². The first kappa shape index (κ1) is 6.93. The average molecular weight is 137 g/mol. The van der Waals surface area contributed by atoms with Gasteiger partial charge < -0.3 is 0 Å². The molecule has 52 valence electrons. The van der Waals surface area contributed by atoms with Crippen LogP contribution in [-0.2, 0) is 0 Å². The summed E-state index contributed by atoms with van der Waals surface area (Å²) in [7, 11) is 1.66. The van der Waals surface area contributed by atoms with Gasteiger partial charge in [0.2, 0.25) is 0 Å². The van der Waals surface area contributed by atoms with Crippen molar-refractivity contribution < 1.29 is 4.39 Å². The van der Waals surface area contributed by atoms with Crippen molar-refractivity contribution in [3.05, 3.63) is 35.6 Å². The topological polar surface area (TPSA) is 12.4 Å². The van der Waals surface area contributed by atoms with Crippen molar-refractivity contribution in [3.8, 4) is 0 Å². The first-order chi connectivity index (χ1) is 4.83. The third kappa shape index (κ3) is 1.65. The number of hydrogen-bond acceptors (Lipinski definition) is 1. The zero-order valence-electron chi connectivity index (χ0n) is 5.71. The molecule has 0 aliphatic heterocycles. The summed E-state index contributed by atoms with van der Waals surface area (Å²) in [4.78, 5) is 3.76. The van der Waals surface area contributed by atoms with E-state index in [1.165, 1.54) is 12.1 Å². The molecule has 2 heteroatoms. The summed E-state index contributed by atoms with van der Waals surface area (Å²) < 4.78 is 12.4. The molecule has 0 saturated carbocycles. The normalized spacial score (nSPS) is 10.6. The Morgan fingerprint density at radius 3 is 2.90 bits per heavy atom. The van der Waals surface area contributed by atoms with Gasteiger partial charge in [-0.3, -0.25) is 4.99 Å². The van der Waals surface area contributed by atoms with Crippen LogP contribution in [0.3, 0.4) is 0 Å². The van der Waals surface area contributed by atoms with Crippen molar-refractivity contribution in [2.45, 2.75) is 0 Å². The van der Waals surface area contributed by atoms with Crippen LogP contribution < -0.4 is 0 Å². The van der Waals surface area contributed by atoms with Gasteiger partial charge in [-0.05, 0) is 17.7 Å². The van der Waals surface area contributed by atoms with Crippen molar-refractivity contribution >= 4 is 6.21 Å². The van der Waals surface area contributed by atoms with Crippen molar-refractivity contribution in [1.82, 2.24) is 0 Å². The minimum Gasteiger partial charge on any atom is -0.296 e. The summed E-state index contributed by atoms with van der Waals surface area (Å²) in [5, 5.41) is 0. The van der Waals surface area contributed by atoms with E-state index < -0.39 is 0 Å². The van der Waals surface area contributed by atoms with Crippen LogP contribution in [0.15, 0.2) is 29.3 Å². The van der Waals surface area contributed by atoms with Gasteiger partial charge in [0.25, 0.3) is 0 Å². The lowest BCUT2D eigenvalue weighted by Gasteiger charge is -1.89. The summed E-state index contributed by atoms with van der Waals surface area (Å²) >= 11 is 0. The molecule has 0 N–H and O–H groups in total. The molecule has 1 rings (SSSR count). The van der Waals surface area contributed by atoms with Gasteiger partial charge in [0.15, 0.2) is 0 Å². The highest BCUT2D eigenvalue weighted by Crippen LogP contribution is 1.99. The molecule has 0 unspecified atom stereocenters. The molecular formula is C8H8FN. The van der Waals surface area contributed by atoms with Crippen LogP contribution in [0.1, 0.15) is 5.56 Å². The highest BCUT2D eigenvalue weighted by molar-refractivity contribution is 5.79. The molecule has 0 aromatic heterocycles. The molecule has 0 bridgehead atoms. The van der Waals surface area contributed by atoms with E-state index in [0.717, 1.165) is 5.56 Å². The van der Waals surface area contributed by atoms with Crippen LogP contribution in [0.25, 0.3) is 0 Å². The SMILES string of the molecule is CN=Cc1cccc(F)c1. The molecule has 0 amide bonds. The second kappa shape index (κ2) is 3.11. The molecule has 0 heterocycles. The number of rotatable bonds is 1. The molecule has 0 fully saturated rings. The van der Waals surface area contributed by atoms with E-state index in [4.69, 9.17) is 0 Å². The van der Waals surface area contributed by atoms with E-state index in [9.17, 15) is 4.39 Å². The number of halogens is 1. The second-order valence-electron chi connectivity index (χ2n) is 1.94. The fraction of sp³-hybridized carbons (Fsp3) is 0.125. The van der Waals surface area contributed by atoms with Crippen LogP contribution in [0, 0.1) is 5.82 Å². The zero-order chi connectivity index (χ0) is 7.40. The molecular weight excluding hydrogens is 129 g/mol. The predicted octanol–water partition coefficient (Wildman–Crippen LogP) is 1.87. The van der Waals surface area contributed by atoms with Gasteiger partial charge in [0.05, 0.1) is 0 Å². The zero-order valence-corrected chi connectivity index (χ0v) is 5.71. The van der Waals surface area contributed by atoms with E-state index in [2.05, 4.69) is 4.99 Å². The van der Waals surface area contributed by atoms with Gasteiger partial charge >= 0.3 is 0 Å². The lowest BCUT2D eigenvalue weighted by Crippen LogP contribution is -1.80. The highest BCUT2D eigenvalue weighted by Gasteiger charge is 1.88. The minimum absolute atomic E-state index is 0.225. The summed E-state index contributed by atoms with van der Waals surface area (Å²) in [5.74, 6) is -0.225. The number of aliphatic imine (C=N–C) groups is 1. The summed E-state index contributed by atoms with van der Waals surface area (Å²) in [5.41, 5.74) is 0.794. The van der Waals surface area contributed by atoms with Crippen molar-refractivity contribution in [2.75, 3.05) is 7.05 Å². The standard InChI is InChI=1S/C8H8FN/c1-10-6-7-3-2-4-8(9)5-7/h2-6H,1H3. The van der Waals surface area contributed by atoms with Crippen molar-refractivity contribution in [1.29, 1.82) is 0 Å². The first-order valence-corrected chi connectivity index (χ1v) is 3.00. The van der Waals surface area contributed by atoms with Crippen LogP contribution >= 0.6 is 0 Å². The monoisotopic (exact) mass is 137 g/mol. The Labute approximate surface area is 59.2 Å². The van der Waals surface area contributed by atoms with E-state index in [1.54, 1.807) is 25.4 Å². The highest BCUT2D eigenvalue weighted by atomic mass is 19.1. The van der Waals surface area contributed by atoms with E-state index in [1.807, 2.05) is 0 Å². The van der Waals surface area contributed by atoms with Crippen LogP contribution in [0.5, 0.6) is 0 Å². The molecule has 0 spiro atoms. The maximum atomic E-state index is 12.4. The van der Waals surface area contributed by atoms with Crippen molar-refractivity contribution in [2.24, 2.45) is 4.99 Å². The summed E-state index contributed by atoms with van der Waals surface area (Å²) in [6, 6.07) is 6.31. The van der Waals surface area contributed by atoms with Gasteiger partial charge in [-0.15, -0.1) is 0 Å². The minimum atomic E-state index is -0.225. The maximum Gasteiger partial charge on any atom is 0.123 e. The smallest absolute Gasteiger partial charge is 0.123 e. The molecule has 1 aromatic rings. The average Bonchev–Trinajstić information content (AvgIpc) is 1.88. The lowest BCUT2D eigenvalue weighted by atomic mass is 10.2. The Morgan fingerprint density at radius 1 is 1.50 bits per heavy atom. The number of benzene rings is 1. The fourth-order valence-corrected chi connectivity index (χ4v) is 0.736. The number of hydrogen-bond donors (Lipinski definition) is 0. The van der Waals surface area contributed by atoms with E-state index in [0.29, 0.717) is 0 Å². The Bertz CT molecular complexity index is 243. The van der Waals surface area contributed by atoms with Gasteiger partial charge in [0.1, 0.15) is 5.82 Å². The van der Waals surface area contributed by atoms with Gasteiger partial charge in [-0.25, -0.2) is 4.39 Å². The lowest BCUT2D eigenvalue weighted by molar-refractivity contribution is 0.627. The molecule has 0 aliphatic rings. The third-order valence-electron chi connectivity index (χ3n) is 1.13. The molecule has 1 aromatic carbocycles. The van der Waals surface area contributed by atoms with Gasteiger partial charge in [0, 0.05) is 13.3 Å². The Balaban J connectivity index is 2.95. The molecule has 10 heavy (non-hydrogen) atoms. The largest absolute Gasteiger partial charge is 0.296 e. The Kier molecular flexibility index (Phi) is 2.15. The third-order valence-corrected chi connectivity index (χ3v) is 1.13. The molecule has 1 nitrogen and oxygen atoms in total. The maximum absolute atomic E-state index is 12.4. The Hall–Kier alpha value is -1.18. The van der Waals surface area contributed by atoms with Crippen molar-refractivity contribution in [3.63, 3.8) is 0 Å². The molecule has 0 atom stereocenters. The predicted molar refractivity (Wildman–Crippen MR) is 39.9 cm³/mol. The molecule has 0 radical (unpaired) electrons. The summed E-state index contributed by atoms with van der Waals surface area (Å²) in [6.45, 7) is 0. The number of nitrogens with zero attached hydrogens (tertiary/aromatic N) is 1. The fourth-order valence-electron chi connectivity index (χ4n) is 0.736. The Morgan fingerprint density at radius 2 is 2.30 bits per heavy atom. The first-order valence-electron chi connectivity index (χ1n) is 3.00. The quantitative estimate of drug-likeness (QED) is 0.524. The molecule has 0 aliphatic carbocycles. The second-order valence-corrected chi connectivity index (χ2v) is 1.94.